The topological polar surface area (TPSA) is 144 Å². The summed E-state index contributed by atoms with van der Waals surface area (Å²) in [6.45, 7) is 3.91. The number of nitrogens with zero attached hydrogens (tertiary/aromatic N) is 3. The Bertz CT molecular complexity index is 1280. The second-order valence-corrected chi connectivity index (χ2v) is 11.1. The summed E-state index contributed by atoms with van der Waals surface area (Å²) in [4.78, 5) is 17.0. The predicted octanol–water partition coefficient (Wildman–Crippen LogP) is 3.98. The molecule has 3 rings (SSSR count). The molecule has 1 aliphatic carbocycles. The summed E-state index contributed by atoms with van der Waals surface area (Å²) in [6.07, 6.45) is -4.73. The SMILES string of the molecule is CCn1nc(C(=O)NC[C@@]2(O)CC[C@H](C)C[C@@H]2O)c(C)c1-c1ccc(CC(C)(C)C(F)(F)F)nc1OC(F)F.O=S=O. The van der Waals surface area contributed by atoms with Gasteiger partial charge in [-0.3, -0.25) is 9.48 Å². The summed E-state index contributed by atoms with van der Waals surface area (Å²) >= 11 is -0.750. The lowest BCUT2D eigenvalue weighted by molar-refractivity contribution is -0.211. The van der Waals surface area contributed by atoms with Crippen molar-refractivity contribution < 1.29 is 50.1 Å². The molecule has 1 fully saturated rings. The Morgan fingerprint density at radius 2 is 1.90 bits per heavy atom. The van der Waals surface area contributed by atoms with E-state index in [0.29, 0.717) is 24.8 Å². The first-order valence-corrected chi connectivity index (χ1v) is 13.8. The van der Waals surface area contributed by atoms with Crippen LogP contribution in [0.15, 0.2) is 12.1 Å². The Kier molecular flexibility index (Phi) is 11.7. The molecule has 1 amide bonds. The van der Waals surface area contributed by atoms with Crippen LogP contribution in [0.1, 0.15) is 68.7 Å². The molecule has 3 N–H and O–H groups in total. The van der Waals surface area contributed by atoms with Crippen molar-refractivity contribution >= 4 is 17.5 Å². The van der Waals surface area contributed by atoms with Crippen LogP contribution < -0.4 is 10.1 Å². The lowest BCUT2D eigenvalue weighted by Gasteiger charge is -2.39. The first-order valence-electron chi connectivity index (χ1n) is 13.1. The Morgan fingerprint density at radius 3 is 2.43 bits per heavy atom. The van der Waals surface area contributed by atoms with Crippen LogP contribution >= 0.6 is 0 Å². The second kappa shape index (κ2) is 14.0. The molecule has 0 radical (unpaired) electrons. The maximum absolute atomic E-state index is 13.4. The molecule has 16 heteroatoms. The molecule has 1 saturated carbocycles. The van der Waals surface area contributed by atoms with Gasteiger partial charge in [0, 0.05) is 30.8 Å². The number of aliphatic hydroxyl groups excluding tert-OH is 1. The summed E-state index contributed by atoms with van der Waals surface area (Å²) in [5.74, 6) is -0.989. The zero-order valence-electron chi connectivity index (χ0n) is 23.8. The number of carbonyl (C=O) groups is 1. The highest BCUT2D eigenvalue weighted by molar-refractivity contribution is 7.51. The van der Waals surface area contributed by atoms with E-state index in [4.69, 9.17) is 8.42 Å². The summed E-state index contributed by atoms with van der Waals surface area (Å²) in [5.41, 5.74) is -3.23. The van der Waals surface area contributed by atoms with Crippen molar-refractivity contribution in [2.24, 2.45) is 11.3 Å². The molecule has 1 aliphatic rings. The summed E-state index contributed by atoms with van der Waals surface area (Å²) < 4.78 is 89.3. The van der Waals surface area contributed by atoms with Gasteiger partial charge < -0.3 is 20.3 Å². The van der Waals surface area contributed by atoms with Gasteiger partial charge in [-0.25, -0.2) is 4.98 Å². The van der Waals surface area contributed by atoms with Crippen molar-refractivity contribution in [2.75, 3.05) is 6.54 Å². The quantitative estimate of drug-likeness (QED) is 0.355. The number of hydrogen-bond donors (Lipinski definition) is 3. The zero-order chi connectivity index (χ0) is 32.0. The summed E-state index contributed by atoms with van der Waals surface area (Å²) in [6, 6.07) is 2.63. The number of rotatable bonds is 9. The van der Waals surface area contributed by atoms with Crippen LogP contribution in [0.5, 0.6) is 5.88 Å². The van der Waals surface area contributed by atoms with Gasteiger partial charge >= 0.3 is 24.4 Å². The highest BCUT2D eigenvalue weighted by Gasteiger charge is 2.47. The third-order valence-corrected chi connectivity index (χ3v) is 7.34. The largest absolute Gasteiger partial charge is 0.416 e. The Balaban J connectivity index is 0.00000197. The molecule has 2 aromatic heterocycles. The molecule has 0 unspecified atom stereocenters. The van der Waals surface area contributed by atoms with E-state index in [0.717, 1.165) is 13.8 Å². The fraction of sp³-hybridized carbons (Fsp3) is 0.654. The van der Waals surface area contributed by atoms with Crippen molar-refractivity contribution in [3.63, 3.8) is 0 Å². The first-order chi connectivity index (χ1) is 19.4. The maximum Gasteiger partial charge on any atom is 0.394 e. The second-order valence-electron chi connectivity index (χ2n) is 11.0. The number of aliphatic hydroxyl groups is 2. The molecule has 236 valence electrons. The summed E-state index contributed by atoms with van der Waals surface area (Å²) in [5, 5.41) is 28.1. The summed E-state index contributed by atoms with van der Waals surface area (Å²) in [7, 11) is 0. The Morgan fingerprint density at radius 1 is 1.29 bits per heavy atom. The first kappa shape index (κ1) is 35.2. The van der Waals surface area contributed by atoms with Gasteiger partial charge in [0.1, 0.15) is 5.60 Å². The van der Waals surface area contributed by atoms with E-state index >= 15 is 0 Å². The number of ether oxygens (including phenoxy) is 1. The lowest BCUT2D eigenvalue weighted by atomic mass is 9.77. The van der Waals surface area contributed by atoms with Crippen LogP contribution in [0, 0.1) is 18.3 Å². The number of aromatic nitrogens is 3. The minimum Gasteiger partial charge on any atom is -0.416 e. The fourth-order valence-corrected chi connectivity index (χ4v) is 4.73. The van der Waals surface area contributed by atoms with Gasteiger partial charge in [-0.1, -0.05) is 20.8 Å². The molecular formula is C26H35F5N4O6S. The fourth-order valence-electron chi connectivity index (χ4n) is 4.73. The molecule has 3 atom stereocenters. The molecule has 0 aromatic carbocycles. The standard InChI is InChI=1S/C26H35F5N4O4.O2S/c1-6-35-20(15(3)19(34-35)21(37)32-13-25(38)10-9-14(2)11-18(25)36)17-8-7-16(33-22(17)39-23(27)28)12-24(4,5)26(29,30)31;1-3-2/h7-8,14,18,23,36,38H,6,9-13H2,1-5H3,(H,32,37);/t14-,18-,25-;/m0./s1. The molecule has 0 saturated heterocycles. The number of amides is 1. The molecule has 2 heterocycles. The Hall–Kier alpha value is -2.98. The number of hydrogen-bond acceptors (Lipinski definition) is 8. The highest BCUT2D eigenvalue weighted by atomic mass is 32.1. The predicted molar refractivity (Wildman–Crippen MR) is 141 cm³/mol. The molecule has 42 heavy (non-hydrogen) atoms. The van der Waals surface area contributed by atoms with E-state index in [1.54, 1.807) is 13.8 Å². The number of alkyl halides is 5. The van der Waals surface area contributed by atoms with Crippen LogP contribution in [-0.4, -0.2) is 70.3 Å². The van der Waals surface area contributed by atoms with Crippen LogP contribution in [0.3, 0.4) is 0 Å². The number of pyridine rings is 1. The molecular weight excluding hydrogens is 591 g/mol. The smallest absolute Gasteiger partial charge is 0.394 e. The van der Waals surface area contributed by atoms with Crippen LogP contribution in [0.2, 0.25) is 0 Å². The van der Waals surface area contributed by atoms with E-state index < -0.39 is 59.7 Å². The van der Waals surface area contributed by atoms with E-state index in [1.165, 1.54) is 16.8 Å². The monoisotopic (exact) mass is 626 g/mol. The van der Waals surface area contributed by atoms with Gasteiger partial charge in [-0.2, -0.15) is 35.5 Å². The van der Waals surface area contributed by atoms with Crippen molar-refractivity contribution in [2.45, 2.75) is 91.3 Å². The van der Waals surface area contributed by atoms with Gasteiger partial charge in [-0.15, -0.1) is 0 Å². The highest BCUT2D eigenvalue weighted by Crippen LogP contribution is 2.41. The third-order valence-electron chi connectivity index (χ3n) is 7.34. The van der Waals surface area contributed by atoms with Crippen LogP contribution in [-0.2, 0) is 24.5 Å². The van der Waals surface area contributed by atoms with Gasteiger partial charge in [0.15, 0.2) is 5.69 Å². The maximum atomic E-state index is 13.4. The minimum absolute atomic E-state index is 0.0325. The third kappa shape index (κ3) is 8.31. The number of halogens is 5. The van der Waals surface area contributed by atoms with Gasteiger partial charge in [0.25, 0.3) is 5.91 Å². The van der Waals surface area contributed by atoms with Gasteiger partial charge in [-0.05, 0) is 51.2 Å². The average Bonchev–Trinajstić information content (AvgIpc) is 3.21. The van der Waals surface area contributed by atoms with E-state index in [9.17, 15) is 37.0 Å². The van der Waals surface area contributed by atoms with Crippen LogP contribution in [0.25, 0.3) is 11.3 Å². The Labute approximate surface area is 243 Å². The number of carbonyl (C=O) groups excluding carboxylic acids is 1. The number of nitrogens with one attached hydrogen (secondary N) is 1. The average molecular weight is 627 g/mol. The van der Waals surface area contributed by atoms with Crippen molar-refractivity contribution in [1.29, 1.82) is 0 Å². The van der Waals surface area contributed by atoms with E-state index in [-0.39, 0.29) is 41.7 Å². The van der Waals surface area contributed by atoms with Gasteiger partial charge in [0.05, 0.1) is 22.8 Å². The normalized spacial score (nSPS) is 21.0. The van der Waals surface area contributed by atoms with Crippen molar-refractivity contribution in [3.05, 3.63) is 29.1 Å². The van der Waals surface area contributed by atoms with Crippen molar-refractivity contribution in [1.82, 2.24) is 20.1 Å². The van der Waals surface area contributed by atoms with E-state index in [2.05, 4.69) is 20.1 Å². The minimum atomic E-state index is -4.55. The molecule has 10 nitrogen and oxygen atoms in total. The number of aryl methyl sites for hydroxylation is 1. The van der Waals surface area contributed by atoms with Gasteiger partial charge in [0.2, 0.25) is 5.88 Å². The van der Waals surface area contributed by atoms with Crippen molar-refractivity contribution in [3.8, 4) is 17.1 Å². The molecule has 0 spiro atoms. The molecule has 0 aliphatic heterocycles. The van der Waals surface area contributed by atoms with Crippen LogP contribution in [0.4, 0.5) is 22.0 Å². The lowest BCUT2D eigenvalue weighted by Crippen LogP contribution is -2.54. The van der Waals surface area contributed by atoms with E-state index in [1.807, 2.05) is 6.92 Å². The molecule has 2 aromatic rings. The zero-order valence-corrected chi connectivity index (χ0v) is 24.6. The molecule has 0 bridgehead atoms.